The molecule has 108 valence electrons. The first-order chi connectivity index (χ1) is 9.47. The summed E-state index contributed by atoms with van der Waals surface area (Å²) in [7, 11) is 0. The lowest BCUT2D eigenvalue weighted by molar-refractivity contribution is -0.120. The van der Waals surface area contributed by atoms with E-state index in [2.05, 4.69) is 5.32 Å². The largest absolute Gasteiger partial charge is 0.507 e. The fourth-order valence-electron chi connectivity index (χ4n) is 2.42. The molecule has 0 radical (unpaired) electrons. The number of aromatic hydroxyl groups is 1. The van der Waals surface area contributed by atoms with E-state index in [0.717, 1.165) is 25.7 Å². The lowest BCUT2D eigenvalue weighted by atomic mass is 9.86. The summed E-state index contributed by atoms with van der Waals surface area (Å²) >= 11 is 0. The van der Waals surface area contributed by atoms with Crippen molar-refractivity contribution in [2.45, 2.75) is 31.7 Å². The van der Waals surface area contributed by atoms with Crippen LogP contribution in [0.3, 0.4) is 0 Å². The van der Waals surface area contributed by atoms with Gasteiger partial charge in [-0.05, 0) is 37.8 Å². The van der Waals surface area contributed by atoms with Gasteiger partial charge in [-0.3, -0.25) is 4.79 Å². The van der Waals surface area contributed by atoms with Crippen molar-refractivity contribution in [3.05, 3.63) is 23.8 Å². The first-order valence-electron chi connectivity index (χ1n) is 6.60. The number of phenols is 1. The smallest absolute Gasteiger partial charge is 0.339 e. The third-order valence-electron chi connectivity index (χ3n) is 3.64. The summed E-state index contributed by atoms with van der Waals surface area (Å²) in [5.74, 6) is -1.75. The molecule has 0 aliphatic heterocycles. The third kappa shape index (κ3) is 3.27. The van der Waals surface area contributed by atoms with Crippen LogP contribution in [0.4, 0.5) is 5.69 Å². The molecule has 2 rings (SSSR count). The van der Waals surface area contributed by atoms with Gasteiger partial charge in [-0.2, -0.15) is 0 Å². The number of nitrogens with two attached hydrogens (primary N) is 1. The summed E-state index contributed by atoms with van der Waals surface area (Å²) in [6.07, 6.45) is 3.18. The van der Waals surface area contributed by atoms with Crippen LogP contribution in [-0.4, -0.2) is 28.1 Å². The predicted molar refractivity (Wildman–Crippen MR) is 73.6 cm³/mol. The Labute approximate surface area is 116 Å². The number of rotatable bonds is 3. The minimum absolute atomic E-state index is 0.0731. The fourth-order valence-corrected chi connectivity index (χ4v) is 2.42. The van der Waals surface area contributed by atoms with Crippen molar-refractivity contribution >= 4 is 17.6 Å². The molecule has 0 heterocycles. The Morgan fingerprint density at radius 1 is 1.20 bits per heavy atom. The molecule has 5 N–H and O–H groups in total. The Balaban J connectivity index is 2.01. The van der Waals surface area contributed by atoms with Crippen molar-refractivity contribution < 1.29 is 19.8 Å². The maximum absolute atomic E-state index is 12.1. The van der Waals surface area contributed by atoms with Gasteiger partial charge >= 0.3 is 5.97 Å². The number of carbonyl (C=O) groups is 2. The van der Waals surface area contributed by atoms with Gasteiger partial charge in [0.25, 0.3) is 0 Å². The van der Waals surface area contributed by atoms with E-state index in [1.165, 1.54) is 18.2 Å². The van der Waals surface area contributed by atoms with Crippen LogP contribution in [0.5, 0.6) is 5.75 Å². The van der Waals surface area contributed by atoms with E-state index < -0.39 is 5.97 Å². The van der Waals surface area contributed by atoms with E-state index >= 15 is 0 Å². The summed E-state index contributed by atoms with van der Waals surface area (Å²) in [5.41, 5.74) is 6.00. The minimum atomic E-state index is -1.21. The number of aromatic carboxylic acids is 1. The zero-order valence-electron chi connectivity index (χ0n) is 11.0. The van der Waals surface area contributed by atoms with Crippen LogP contribution >= 0.6 is 0 Å². The fraction of sp³-hybridized carbons (Fsp3) is 0.429. The van der Waals surface area contributed by atoms with E-state index in [1.807, 2.05) is 0 Å². The normalized spacial score (nSPS) is 22.2. The number of anilines is 1. The first kappa shape index (κ1) is 14.3. The van der Waals surface area contributed by atoms with E-state index in [4.69, 9.17) is 10.8 Å². The van der Waals surface area contributed by atoms with Crippen molar-refractivity contribution in [1.82, 2.24) is 0 Å². The van der Waals surface area contributed by atoms with Gasteiger partial charge in [0.15, 0.2) is 0 Å². The van der Waals surface area contributed by atoms with Crippen LogP contribution in [0.25, 0.3) is 0 Å². The molecule has 1 aromatic rings. The van der Waals surface area contributed by atoms with Crippen LogP contribution in [0, 0.1) is 5.92 Å². The van der Waals surface area contributed by atoms with Crippen LogP contribution in [0.2, 0.25) is 0 Å². The van der Waals surface area contributed by atoms with E-state index in [-0.39, 0.29) is 29.2 Å². The molecule has 0 saturated heterocycles. The van der Waals surface area contributed by atoms with Gasteiger partial charge in [-0.1, -0.05) is 0 Å². The molecule has 1 aliphatic carbocycles. The second kappa shape index (κ2) is 5.92. The number of carboxylic acid groups (broad SMARTS) is 1. The average Bonchev–Trinajstić information content (AvgIpc) is 2.39. The highest BCUT2D eigenvalue weighted by atomic mass is 16.4. The van der Waals surface area contributed by atoms with Crippen LogP contribution in [-0.2, 0) is 4.79 Å². The Morgan fingerprint density at radius 2 is 1.85 bits per heavy atom. The van der Waals surface area contributed by atoms with Gasteiger partial charge in [0.1, 0.15) is 11.3 Å². The van der Waals surface area contributed by atoms with Crippen LogP contribution in [0.15, 0.2) is 18.2 Å². The van der Waals surface area contributed by atoms with Crippen molar-refractivity contribution in [2.24, 2.45) is 11.7 Å². The molecule has 6 heteroatoms. The highest BCUT2D eigenvalue weighted by Gasteiger charge is 2.24. The lowest BCUT2D eigenvalue weighted by Gasteiger charge is -2.25. The number of benzene rings is 1. The number of carbonyl (C=O) groups excluding carboxylic acids is 1. The summed E-state index contributed by atoms with van der Waals surface area (Å²) in [5, 5.41) is 21.1. The standard InChI is InChI=1S/C14H18N2O4/c15-9-3-1-8(2-4-9)13(18)16-10-5-6-11(14(19)20)12(17)7-10/h5-9,17H,1-4,15H2,(H,16,18)(H,19,20). The Hall–Kier alpha value is -2.08. The van der Waals surface area contributed by atoms with Gasteiger partial charge in [0.2, 0.25) is 5.91 Å². The quantitative estimate of drug-likeness (QED) is 0.670. The van der Waals surface area contributed by atoms with Gasteiger partial charge in [-0.25, -0.2) is 4.79 Å². The number of amides is 1. The maximum Gasteiger partial charge on any atom is 0.339 e. The Kier molecular flexibility index (Phi) is 4.24. The molecule has 0 spiro atoms. The van der Waals surface area contributed by atoms with Crippen molar-refractivity contribution in [3.63, 3.8) is 0 Å². The third-order valence-corrected chi connectivity index (χ3v) is 3.64. The molecule has 6 nitrogen and oxygen atoms in total. The Morgan fingerprint density at radius 3 is 2.40 bits per heavy atom. The van der Waals surface area contributed by atoms with Crippen LogP contribution in [0.1, 0.15) is 36.0 Å². The molecule has 0 aromatic heterocycles. The summed E-state index contributed by atoms with van der Waals surface area (Å²) in [6.45, 7) is 0. The molecule has 20 heavy (non-hydrogen) atoms. The first-order valence-corrected chi connectivity index (χ1v) is 6.60. The topological polar surface area (TPSA) is 113 Å². The zero-order valence-corrected chi connectivity index (χ0v) is 11.0. The lowest BCUT2D eigenvalue weighted by Crippen LogP contribution is -2.32. The second-order valence-electron chi connectivity index (χ2n) is 5.14. The average molecular weight is 278 g/mol. The molecule has 0 bridgehead atoms. The molecule has 1 amide bonds. The molecule has 1 aliphatic rings. The minimum Gasteiger partial charge on any atom is -0.507 e. The van der Waals surface area contributed by atoms with Gasteiger partial charge in [-0.15, -0.1) is 0 Å². The molecule has 0 atom stereocenters. The van der Waals surface area contributed by atoms with E-state index in [0.29, 0.717) is 5.69 Å². The van der Waals surface area contributed by atoms with Crippen LogP contribution < -0.4 is 11.1 Å². The van der Waals surface area contributed by atoms with Crippen molar-refractivity contribution in [3.8, 4) is 5.75 Å². The predicted octanol–water partition coefficient (Wildman–Crippen LogP) is 1.55. The monoisotopic (exact) mass is 278 g/mol. The molecular weight excluding hydrogens is 260 g/mol. The number of hydrogen-bond donors (Lipinski definition) is 4. The second-order valence-corrected chi connectivity index (χ2v) is 5.14. The van der Waals surface area contributed by atoms with E-state index in [9.17, 15) is 14.7 Å². The highest BCUT2D eigenvalue weighted by Crippen LogP contribution is 2.26. The number of carboxylic acids is 1. The molecule has 1 aromatic carbocycles. The number of nitrogens with one attached hydrogen (secondary N) is 1. The van der Waals surface area contributed by atoms with Crippen molar-refractivity contribution in [2.75, 3.05) is 5.32 Å². The Bertz CT molecular complexity index is 522. The SMILES string of the molecule is NC1CCC(C(=O)Nc2ccc(C(=O)O)c(O)c2)CC1. The zero-order chi connectivity index (χ0) is 14.7. The van der Waals surface area contributed by atoms with Crippen molar-refractivity contribution in [1.29, 1.82) is 0 Å². The number of hydrogen-bond acceptors (Lipinski definition) is 4. The van der Waals surface area contributed by atoms with Gasteiger partial charge in [0, 0.05) is 23.7 Å². The molecule has 0 unspecified atom stereocenters. The van der Waals surface area contributed by atoms with Gasteiger partial charge < -0.3 is 21.3 Å². The highest BCUT2D eigenvalue weighted by molar-refractivity contribution is 5.95. The summed E-state index contributed by atoms with van der Waals surface area (Å²) in [4.78, 5) is 22.8. The maximum atomic E-state index is 12.1. The van der Waals surface area contributed by atoms with Gasteiger partial charge in [0.05, 0.1) is 0 Å². The van der Waals surface area contributed by atoms with E-state index in [1.54, 1.807) is 0 Å². The summed E-state index contributed by atoms with van der Waals surface area (Å²) < 4.78 is 0. The molecular formula is C14H18N2O4. The molecule has 1 saturated carbocycles. The summed E-state index contributed by atoms with van der Waals surface area (Å²) in [6, 6.07) is 4.16. The molecule has 1 fully saturated rings.